The van der Waals surface area contributed by atoms with E-state index in [-0.39, 0.29) is 25.8 Å². The second kappa shape index (κ2) is 21.1. The first-order chi connectivity index (χ1) is 17.7. The van der Waals surface area contributed by atoms with Crippen LogP contribution in [0, 0.1) is 0 Å². The van der Waals surface area contributed by atoms with E-state index in [1.807, 2.05) is 20.8 Å². The molecular formula is C30H55NO6. The number of rotatable bonds is 25. The van der Waals surface area contributed by atoms with E-state index in [1.165, 1.54) is 32.1 Å². The van der Waals surface area contributed by atoms with E-state index in [4.69, 9.17) is 0 Å². The number of allylic oxidation sites excluding steroid dienone is 2. The van der Waals surface area contributed by atoms with Crippen LogP contribution in [0.4, 0.5) is 0 Å². The van der Waals surface area contributed by atoms with Crippen molar-refractivity contribution in [2.75, 3.05) is 6.54 Å². The number of carboxylic acids is 3. The lowest BCUT2D eigenvalue weighted by molar-refractivity contribution is -0.975. The van der Waals surface area contributed by atoms with Crippen molar-refractivity contribution in [1.82, 2.24) is 0 Å². The van der Waals surface area contributed by atoms with Gasteiger partial charge >= 0.3 is 11.9 Å². The zero-order valence-corrected chi connectivity index (χ0v) is 24.1. The summed E-state index contributed by atoms with van der Waals surface area (Å²) in [6.07, 6.45) is 18.6. The second-order valence-corrected chi connectivity index (χ2v) is 10.5. The summed E-state index contributed by atoms with van der Waals surface area (Å²) in [5.74, 6) is -3.58. The van der Waals surface area contributed by atoms with E-state index < -0.39 is 40.5 Å². The van der Waals surface area contributed by atoms with E-state index >= 15 is 0 Å². The van der Waals surface area contributed by atoms with Crippen molar-refractivity contribution in [3.8, 4) is 0 Å². The molecule has 0 aromatic heterocycles. The topological polar surface area (TPSA) is 115 Å². The van der Waals surface area contributed by atoms with Crippen LogP contribution >= 0.6 is 0 Å². The molecule has 0 aliphatic heterocycles. The average Bonchev–Trinajstić information content (AvgIpc) is 2.85. The number of hydrogen-bond donors (Lipinski definition) is 2. The monoisotopic (exact) mass is 525 g/mol. The number of nitrogens with zero attached hydrogens (tertiary/aromatic N) is 1. The zero-order chi connectivity index (χ0) is 28.1. The van der Waals surface area contributed by atoms with Crippen LogP contribution in [0.2, 0.25) is 0 Å². The smallest absolute Gasteiger partial charge is 0.362 e. The predicted molar refractivity (Wildman–Crippen MR) is 147 cm³/mol. The molecule has 0 amide bonds. The summed E-state index contributed by atoms with van der Waals surface area (Å²) in [4.78, 5) is 37.4. The maximum atomic E-state index is 12.5. The molecule has 0 aliphatic carbocycles. The van der Waals surface area contributed by atoms with Crippen LogP contribution in [0.25, 0.3) is 0 Å². The van der Waals surface area contributed by atoms with Gasteiger partial charge in [0.1, 0.15) is 6.04 Å². The maximum absolute atomic E-state index is 12.5. The molecule has 37 heavy (non-hydrogen) atoms. The lowest BCUT2D eigenvalue weighted by Gasteiger charge is -2.52. The average molecular weight is 526 g/mol. The highest BCUT2D eigenvalue weighted by atomic mass is 16.4. The van der Waals surface area contributed by atoms with Crippen LogP contribution in [-0.2, 0) is 14.4 Å². The number of aliphatic carboxylic acids is 3. The van der Waals surface area contributed by atoms with Gasteiger partial charge in [-0.05, 0) is 51.4 Å². The van der Waals surface area contributed by atoms with Crippen LogP contribution in [0.3, 0.4) is 0 Å². The molecule has 3 atom stereocenters. The molecule has 0 saturated carbocycles. The third-order valence-electron chi connectivity index (χ3n) is 7.58. The molecule has 0 aliphatic rings. The number of carbonyl (C=O) groups is 3. The number of unbranched alkanes of at least 4 members (excludes halogenated alkanes) is 9. The summed E-state index contributed by atoms with van der Waals surface area (Å²) in [7, 11) is 0. The van der Waals surface area contributed by atoms with Gasteiger partial charge in [-0.1, -0.05) is 78.4 Å². The van der Waals surface area contributed by atoms with Gasteiger partial charge in [0.05, 0.1) is 12.5 Å². The molecule has 7 nitrogen and oxygen atoms in total. The van der Waals surface area contributed by atoms with E-state index in [1.54, 1.807) is 0 Å². The van der Waals surface area contributed by atoms with Crippen LogP contribution in [0.5, 0.6) is 0 Å². The van der Waals surface area contributed by atoms with Gasteiger partial charge in [-0.25, -0.2) is 9.59 Å². The Balaban J connectivity index is 5.51. The quantitative estimate of drug-likeness (QED) is 0.0846. The normalized spacial score (nSPS) is 15.8. The summed E-state index contributed by atoms with van der Waals surface area (Å²) >= 11 is 0. The first-order valence-corrected chi connectivity index (χ1v) is 14.9. The van der Waals surface area contributed by atoms with E-state index in [2.05, 4.69) is 19.1 Å². The largest absolute Gasteiger partial charge is 0.544 e. The van der Waals surface area contributed by atoms with Gasteiger partial charge in [0.15, 0.2) is 12.1 Å². The molecule has 3 unspecified atom stereocenters. The fourth-order valence-corrected chi connectivity index (χ4v) is 5.74. The molecule has 216 valence electrons. The molecule has 0 bridgehead atoms. The van der Waals surface area contributed by atoms with Crippen LogP contribution in [-0.4, -0.2) is 57.3 Å². The Hall–Kier alpha value is -1.89. The Labute approximate surface area is 225 Å². The van der Waals surface area contributed by atoms with Crippen molar-refractivity contribution in [2.24, 2.45) is 0 Å². The molecule has 0 spiro atoms. The molecule has 0 heterocycles. The number of carbonyl (C=O) groups excluding carboxylic acids is 1. The van der Waals surface area contributed by atoms with Crippen molar-refractivity contribution >= 4 is 17.9 Å². The van der Waals surface area contributed by atoms with Crippen molar-refractivity contribution in [3.63, 3.8) is 0 Å². The van der Waals surface area contributed by atoms with Crippen LogP contribution < -0.4 is 5.11 Å². The van der Waals surface area contributed by atoms with Gasteiger partial charge in [-0.3, -0.25) is 4.48 Å². The SMILES string of the molecule is CCCCCCC/C=C/CCCCCC[N+](C(CCC)C(=O)[O-])(C(CCC)C(=O)O)C(CCC)C(=O)O. The van der Waals surface area contributed by atoms with Gasteiger partial charge in [-0.2, -0.15) is 0 Å². The Morgan fingerprint density at radius 1 is 0.622 bits per heavy atom. The Kier molecular flexibility index (Phi) is 20.0. The first-order valence-electron chi connectivity index (χ1n) is 14.9. The lowest BCUT2D eigenvalue weighted by atomic mass is 9.91. The van der Waals surface area contributed by atoms with Crippen molar-refractivity contribution < 1.29 is 34.2 Å². The Morgan fingerprint density at radius 2 is 1.03 bits per heavy atom. The lowest BCUT2D eigenvalue weighted by Crippen LogP contribution is -2.74. The first kappa shape index (κ1) is 35.1. The van der Waals surface area contributed by atoms with Gasteiger partial charge in [0.25, 0.3) is 0 Å². The van der Waals surface area contributed by atoms with Gasteiger partial charge in [-0.15, -0.1) is 0 Å². The van der Waals surface area contributed by atoms with Crippen molar-refractivity contribution in [2.45, 2.75) is 155 Å². The van der Waals surface area contributed by atoms with Gasteiger partial charge in [0.2, 0.25) is 0 Å². The maximum Gasteiger partial charge on any atom is 0.362 e. The van der Waals surface area contributed by atoms with Gasteiger partial charge < -0.3 is 20.1 Å². The van der Waals surface area contributed by atoms with Crippen LogP contribution in [0.1, 0.15) is 137 Å². The highest BCUT2D eigenvalue weighted by molar-refractivity contribution is 5.77. The molecular weight excluding hydrogens is 470 g/mol. The molecule has 0 radical (unpaired) electrons. The second-order valence-electron chi connectivity index (χ2n) is 10.5. The minimum Gasteiger partial charge on any atom is -0.544 e. The van der Waals surface area contributed by atoms with Crippen molar-refractivity contribution in [3.05, 3.63) is 12.2 Å². The summed E-state index contributed by atoms with van der Waals surface area (Å²) in [6, 6.07) is -3.34. The van der Waals surface area contributed by atoms with E-state index in [0.717, 1.165) is 32.1 Å². The standard InChI is InChI=1S/C30H55NO6/c1-5-9-10-11-12-13-14-15-16-17-18-19-20-24-31(25(21-6-2)28(32)33,26(22-7-3)29(34)35)27(23-8-4)30(36)37/h14-15,25-27H,5-13,16-24H2,1-4H3,(H2-,32,33,34,35,36,37)/b15-14+. The summed E-state index contributed by atoms with van der Waals surface area (Å²) in [5.41, 5.74) is 0. The number of hydrogen-bond acceptors (Lipinski definition) is 4. The Bertz CT molecular complexity index is 603. The number of quaternary nitrogens is 1. The minimum atomic E-state index is -1.34. The highest BCUT2D eigenvalue weighted by Crippen LogP contribution is 2.34. The number of carboxylic acid groups (broad SMARTS) is 3. The molecule has 0 rings (SSSR count). The fraction of sp³-hybridized carbons (Fsp3) is 0.833. The molecule has 0 aromatic carbocycles. The van der Waals surface area contributed by atoms with Crippen molar-refractivity contribution in [1.29, 1.82) is 0 Å². The highest BCUT2D eigenvalue weighted by Gasteiger charge is 2.54. The molecule has 7 heteroatoms. The third kappa shape index (κ3) is 12.5. The fourth-order valence-electron chi connectivity index (χ4n) is 5.74. The van der Waals surface area contributed by atoms with Crippen LogP contribution in [0.15, 0.2) is 12.2 Å². The zero-order valence-electron chi connectivity index (χ0n) is 24.1. The van der Waals surface area contributed by atoms with Gasteiger partial charge in [0, 0.05) is 19.3 Å². The molecule has 2 N–H and O–H groups in total. The predicted octanol–water partition coefficient (Wildman–Crippen LogP) is 6.10. The molecule has 0 aromatic rings. The van der Waals surface area contributed by atoms with E-state index in [0.29, 0.717) is 25.7 Å². The van der Waals surface area contributed by atoms with E-state index in [9.17, 15) is 29.7 Å². The summed E-state index contributed by atoms with van der Waals surface area (Å²) < 4.78 is -0.444. The molecule has 0 saturated heterocycles. The molecule has 0 fully saturated rings. The summed E-state index contributed by atoms with van der Waals surface area (Å²) in [6.45, 7) is 7.99. The minimum absolute atomic E-state index is 0.201. The third-order valence-corrected chi connectivity index (χ3v) is 7.58. The Morgan fingerprint density at radius 3 is 1.41 bits per heavy atom. The summed E-state index contributed by atoms with van der Waals surface area (Å²) in [5, 5.41) is 32.8.